The van der Waals surface area contributed by atoms with Gasteiger partial charge in [0.05, 0.1) is 31.1 Å². The maximum atomic E-state index is 11.7. The molecule has 0 spiro atoms. The summed E-state index contributed by atoms with van der Waals surface area (Å²) in [6, 6.07) is 3.61. The zero-order valence-corrected chi connectivity index (χ0v) is 10.1. The summed E-state index contributed by atoms with van der Waals surface area (Å²) < 4.78 is 11.8. The lowest BCUT2D eigenvalue weighted by Crippen LogP contribution is -2.08. The molecule has 0 atom stereocenters. The minimum Gasteiger partial charge on any atom is -0.494 e. The summed E-state index contributed by atoms with van der Waals surface area (Å²) in [6.07, 6.45) is 1.68. The number of carbonyl (C=O) groups is 1. The number of carbonyl (C=O) groups excluding carboxylic acids is 1. The van der Waals surface area contributed by atoms with Gasteiger partial charge in [-0.3, -0.25) is 0 Å². The van der Waals surface area contributed by atoms with Crippen LogP contribution in [0, 0.1) is 6.92 Å². The average Bonchev–Trinajstić information content (AvgIpc) is 2.66. The molecule has 0 aromatic carbocycles. The molecule has 2 heterocycles. The molecule has 0 saturated carbocycles. The quantitative estimate of drug-likeness (QED) is 0.760. The van der Waals surface area contributed by atoms with Gasteiger partial charge in [-0.15, -0.1) is 0 Å². The molecule has 5 nitrogen and oxygen atoms in total. The number of ether oxygens (including phenoxy) is 2. The van der Waals surface area contributed by atoms with E-state index in [0.717, 1.165) is 11.2 Å². The number of fused-ring (bicyclic) bond motifs is 1. The van der Waals surface area contributed by atoms with E-state index in [-0.39, 0.29) is 5.97 Å². The number of hydrogen-bond acceptors (Lipinski definition) is 4. The molecule has 90 valence electrons. The Morgan fingerprint density at radius 2 is 2.24 bits per heavy atom. The predicted molar refractivity (Wildman–Crippen MR) is 62.4 cm³/mol. The summed E-state index contributed by atoms with van der Waals surface area (Å²) in [7, 11) is 1.51. The lowest BCUT2D eigenvalue weighted by atomic mass is 10.2. The molecule has 0 aliphatic rings. The molecule has 5 heteroatoms. The molecule has 0 amide bonds. The average molecular weight is 234 g/mol. The third-order valence-corrected chi connectivity index (χ3v) is 2.40. The van der Waals surface area contributed by atoms with Gasteiger partial charge >= 0.3 is 5.97 Å². The molecule has 0 saturated heterocycles. The third-order valence-electron chi connectivity index (χ3n) is 2.40. The number of nitrogens with zero attached hydrogens (tertiary/aromatic N) is 2. The maximum Gasteiger partial charge on any atom is 0.342 e. The van der Waals surface area contributed by atoms with Gasteiger partial charge in [0, 0.05) is 0 Å². The van der Waals surface area contributed by atoms with E-state index in [2.05, 4.69) is 5.10 Å². The molecule has 2 rings (SSSR count). The van der Waals surface area contributed by atoms with Crippen molar-refractivity contribution in [2.45, 2.75) is 13.8 Å². The first kappa shape index (κ1) is 11.4. The molecule has 0 aliphatic carbocycles. The van der Waals surface area contributed by atoms with Crippen molar-refractivity contribution in [2.24, 2.45) is 0 Å². The summed E-state index contributed by atoms with van der Waals surface area (Å²) in [5.41, 5.74) is 2.14. The van der Waals surface area contributed by atoms with Gasteiger partial charge in [0.1, 0.15) is 5.56 Å². The number of methoxy groups -OCH3 is 1. The molecular weight excluding hydrogens is 220 g/mol. The second-order valence-electron chi connectivity index (χ2n) is 3.63. The van der Waals surface area contributed by atoms with E-state index in [9.17, 15) is 4.79 Å². The minimum atomic E-state index is -0.384. The van der Waals surface area contributed by atoms with Gasteiger partial charge in [0.25, 0.3) is 0 Å². The van der Waals surface area contributed by atoms with E-state index >= 15 is 0 Å². The van der Waals surface area contributed by atoms with Gasteiger partial charge in [-0.1, -0.05) is 0 Å². The summed E-state index contributed by atoms with van der Waals surface area (Å²) in [5.74, 6) is 0.0738. The molecule has 17 heavy (non-hydrogen) atoms. The van der Waals surface area contributed by atoms with Crippen LogP contribution in [0.2, 0.25) is 0 Å². The summed E-state index contributed by atoms with van der Waals surface area (Å²) >= 11 is 0. The smallest absolute Gasteiger partial charge is 0.342 e. The van der Waals surface area contributed by atoms with Crippen molar-refractivity contribution in [3.05, 3.63) is 29.6 Å². The van der Waals surface area contributed by atoms with Crippen LogP contribution in [0.25, 0.3) is 5.52 Å². The number of esters is 1. The second kappa shape index (κ2) is 4.45. The fourth-order valence-corrected chi connectivity index (χ4v) is 1.68. The zero-order chi connectivity index (χ0) is 12.4. The largest absolute Gasteiger partial charge is 0.494 e. The van der Waals surface area contributed by atoms with Gasteiger partial charge in [-0.2, -0.15) is 5.10 Å². The highest BCUT2D eigenvalue weighted by molar-refractivity contribution is 5.93. The van der Waals surface area contributed by atoms with Gasteiger partial charge < -0.3 is 9.47 Å². The van der Waals surface area contributed by atoms with Gasteiger partial charge in [-0.05, 0) is 26.0 Å². The number of aryl methyl sites for hydroxylation is 1. The normalized spacial score (nSPS) is 10.5. The van der Waals surface area contributed by atoms with Crippen molar-refractivity contribution in [3.63, 3.8) is 0 Å². The Labute approximate surface area is 99.0 Å². The van der Waals surface area contributed by atoms with Crippen molar-refractivity contribution >= 4 is 11.5 Å². The van der Waals surface area contributed by atoms with E-state index in [0.29, 0.717) is 17.9 Å². The Morgan fingerprint density at radius 1 is 1.47 bits per heavy atom. The molecule has 2 aromatic heterocycles. The molecule has 0 fully saturated rings. The molecular formula is C12H14N2O3. The van der Waals surface area contributed by atoms with Crippen molar-refractivity contribution in [3.8, 4) is 5.75 Å². The number of hydrogen-bond donors (Lipinski definition) is 0. The fourth-order valence-electron chi connectivity index (χ4n) is 1.68. The number of rotatable bonds is 3. The highest BCUT2D eigenvalue weighted by Gasteiger charge is 2.15. The van der Waals surface area contributed by atoms with Crippen LogP contribution in [0.1, 0.15) is 23.0 Å². The number of pyridine rings is 1. The number of aromatic nitrogens is 2. The van der Waals surface area contributed by atoms with E-state index in [1.165, 1.54) is 7.11 Å². The van der Waals surface area contributed by atoms with Crippen molar-refractivity contribution in [2.75, 3.05) is 13.7 Å². The van der Waals surface area contributed by atoms with Crippen LogP contribution in [0.3, 0.4) is 0 Å². The highest BCUT2D eigenvalue weighted by Crippen LogP contribution is 2.21. The van der Waals surface area contributed by atoms with Gasteiger partial charge in [-0.25, -0.2) is 9.31 Å². The molecule has 0 radical (unpaired) electrons. The first-order valence-electron chi connectivity index (χ1n) is 5.37. The Balaban J connectivity index is 2.55. The standard InChI is InChI=1S/C12H14N2O3/c1-4-17-12(15)10-6-9-5-8(2)13-14(9)7-11(10)16-3/h5-7H,4H2,1-3H3. The Hall–Kier alpha value is -2.04. The second-order valence-corrected chi connectivity index (χ2v) is 3.63. The van der Waals surface area contributed by atoms with E-state index in [1.807, 2.05) is 13.0 Å². The molecule has 2 aromatic rings. The van der Waals surface area contributed by atoms with Crippen LogP contribution in [0.15, 0.2) is 18.3 Å². The van der Waals surface area contributed by atoms with Crippen molar-refractivity contribution in [1.29, 1.82) is 0 Å². The topological polar surface area (TPSA) is 52.8 Å². The monoisotopic (exact) mass is 234 g/mol. The van der Waals surface area contributed by atoms with Crippen LogP contribution in [-0.4, -0.2) is 29.3 Å². The van der Waals surface area contributed by atoms with E-state index in [4.69, 9.17) is 9.47 Å². The third kappa shape index (κ3) is 2.08. The lowest BCUT2D eigenvalue weighted by molar-refractivity contribution is 0.0522. The zero-order valence-electron chi connectivity index (χ0n) is 10.1. The first-order chi connectivity index (χ1) is 8.15. The molecule has 0 aliphatic heterocycles. The van der Waals surface area contributed by atoms with Crippen LogP contribution in [0.5, 0.6) is 5.75 Å². The highest BCUT2D eigenvalue weighted by atomic mass is 16.5. The SMILES string of the molecule is CCOC(=O)c1cc2cc(C)nn2cc1OC. The van der Waals surface area contributed by atoms with E-state index < -0.39 is 0 Å². The van der Waals surface area contributed by atoms with Crippen LogP contribution in [0.4, 0.5) is 0 Å². The van der Waals surface area contributed by atoms with Crippen LogP contribution < -0.4 is 4.74 Å². The predicted octanol–water partition coefficient (Wildman–Crippen LogP) is 1.83. The molecule has 0 unspecified atom stereocenters. The Kier molecular flexibility index (Phi) is 2.99. The summed E-state index contributed by atoms with van der Waals surface area (Å²) in [6.45, 7) is 4.00. The van der Waals surface area contributed by atoms with Crippen LogP contribution >= 0.6 is 0 Å². The lowest BCUT2D eigenvalue weighted by Gasteiger charge is -2.08. The molecule has 0 bridgehead atoms. The van der Waals surface area contributed by atoms with Crippen LogP contribution in [-0.2, 0) is 4.74 Å². The van der Waals surface area contributed by atoms with Crippen molar-refractivity contribution in [1.82, 2.24) is 9.61 Å². The maximum absolute atomic E-state index is 11.7. The van der Waals surface area contributed by atoms with Gasteiger partial charge in [0.2, 0.25) is 0 Å². The molecule has 0 N–H and O–H groups in total. The Morgan fingerprint density at radius 3 is 2.88 bits per heavy atom. The first-order valence-corrected chi connectivity index (χ1v) is 5.37. The fraction of sp³-hybridized carbons (Fsp3) is 0.333. The summed E-state index contributed by atoms with van der Waals surface area (Å²) in [5, 5.41) is 4.25. The Bertz CT molecular complexity index is 560. The minimum absolute atomic E-state index is 0.339. The van der Waals surface area contributed by atoms with E-state index in [1.54, 1.807) is 23.7 Å². The summed E-state index contributed by atoms with van der Waals surface area (Å²) in [4.78, 5) is 11.7. The van der Waals surface area contributed by atoms with Gasteiger partial charge in [0.15, 0.2) is 5.75 Å². The van der Waals surface area contributed by atoms with Crippen molar-refractivity contribution < 1.29 is 14.3 Å².